The first-order valence-electron chi connectivity index (χ1n) is 14.8. The zero-order valence-corrected chi connectivity index (χ0v) is 22.3. The molecule has 194 valence electrons. The van der Waals surface area contributed by atoms with Gasteiger partial charge in [0.1, 0.15) is 6.10 Å². The molecule has 0 spiro atoms. The zero-order valence-electron chi connectivity index (χ0n) is 22.3. The predicted octanol–water partition coefficient (Wildman–Crippen LogP) is 6.25. The second-order valence-electron chi connectivity index (χ2n) is 13.6. The van der Waals surface area contributed by atoms with Crippen LogP contribution in [0.25, 0.3) is 0 Å². The number of cyclic esters (lactones) is 1. The number of rotatable bonds is 3. The molecule has 4 aliphatic carbocycles. The van der Waals surface area contributed by atoms with E-state index >= 15 is 0 Å². The van der Waals surface area contributed by atoms with E-state index in [2.05, 4.69) is 31.7 Å². The Morgan fingerprint density at radius 2 is 1.83 bits per heavy atom. The summed E-state index contributed by atoms with van der Waals surface area (Å²) in [5.41, 5.74) is 3.46. The molecular weight excluding hydrogens is 434 g/mol. The minimum Gasteiger partial charge on any atom is -0.458 e. The number of nitrogens with zero attached hydrogens (tertiary/aromatic N) is 1. The Morgan fingerprint density at radius 3 is 2.63 bits per heavy atom. The highest BCUT2D eigenvalue weighted by atomic mass is 16.5. The van der Waals surface area contributed by atoms with Gasteiger partial charge >= 0.3 is 5.97 Å². The third kappa shape index (κ3) is 3.92. The number of aliphatic hydroxyl groups excluding tert-OH is 1. The van der Waals surface area contributed by atoms with Crippen LogP contribution in [-0.4, -0.2) is 41.3 Å². The monoisotopic (exact) mass is 481 g/mol. The Hall–Kier alpha value is -1.29. The van der Waals surface area contributed by atoms with Crippen LogP contribution in [0.1, 0.15) is 97.8 Å². The molecule has 2 aliphatic heterocycles. The average Bonchev–Trinajstić information content (AvgIpc) is 3.21. The van der Waals surface area contributed by atoms with Gasteiger partial charge in [0.2, 0.25) is 0 Å². The van der Waals surface area contributed by atoms with Crippen molar-refractivity contribution in [3.8, 4) is 0 Å². The topological polar surface area (TPSA) is 49.8 Å². The van der Waals surface area contributed by atoms with Crippen molar-refractivity contribution >= 4 is 5.97 Å². The lowest BCUT2D eigenvalue weighted by molar-refractivity contribution is -0.151. The number of carbonyl (C=O) groups excluding carboxylic acids is 1. The highest BCUT2D eigenvalue weighted by molar-refractivity contribution is 5.83. The van der Waals surface area contributed by atoms with Gasteiger partial charge < -0.3 is 14.7 Å². The van der Waals surface area contributed by atoms with Gasteiger partial charge in [-0.1, -0.05) is 32.4 Å². The Balaban J connectivity index is 1.19. The molecule has 3 saturated carbocycles. The number of aliphatic hydroxyl groups is 1. The fourth-order valence-electron chi connectivity index (χ4n) is 10.1. The first-order valence-corrected chi connectivity index (χ1v) is 14.8. The smallest absolute Gasteiger partial charge is 0.332 e. The van der Waals surface area contributed by atoms with Crippen molar-refractivity contribution < 1.29 is 14.6 Å². The number of allylic oxidation sites excluding steroid dienone is 1. The second-order valence-corrected chi connectivity index (χ2v) is 13.6. The van der Waals surface area contributed by atoms with Crippen molar-refractivity contribution in [1.82, 2.24) is 4.90 Å². The van der Waals surface area contributed by atoms with Crippen molar-refractivity contribution in [2.24, 2.45) is 40.4 Å². The Labute approximate surface area is 212 Å². The van der Waals surface area contributed by atoms with Gasteiger partial charge in [-0.15, -0.1) is 0 Å². The second kappa shape index (κ2) is 8.92. The lowest BCUT2D eigenvalue weighted by atomic mass is 9.47. The summed E-state index contributed by atoms with van der Waals surface area (Å²) in [6, 6.07) is 0. The Kier molecular flexibility index (Phi) is 6.14. The summed E-state index contributed by atoms with van der Waals surface area (Å²) >= 11 is 0. The van der Waals surface area contributed by atoms with Crippen LogP contribution in [0.15, 0.2) is 23.4 Å². The van der Waals surface area contributed by atoms with Gasteiger partial charge in [0.05, 0.1) is 6.10 Å². The quantitative estimate of drug-likeness (QED) is 0.382. The summed E-state index contributed by atoms with van der Waals surface area (Å²) in [6.45, 7) is 9.70. The minimum atomic E-state index is -0.126. The van der Waals surface area contributed by atoms with Crippen LogP contribution in [0.5, 0.6) is 0 Å². The minimum absolute atomic E-state index is 0.0259. The van der Waals surface area contributed by atoms with Crippen LogP contribution in [-0.2, 0) is 9.53 Å². The molecule has 0 aromatic carbocycles. The maximum absolute atomic E-state index is 12.6. The van der Waals surface area contributed by atoms with Crippen LogP contribution in [0.4, 0.5) is 0 Å². The molecular formula is C31H47NO3. The molecule has 6 rings (SSSR count). The third-order valence-electron chi connectivity index (χ3n) is 12.1. The number of likely N-dealkylation sites (tertiary alicyclic amines) is 1. The number of piperidine rings is 1. The van der Waals surface area contributed by atoms with Gasteiger partial charge in [0, 0.05) is 31.3 Å². The zero-order chi connectivity index (χ0) is 24.4. The summed E-state index contributed by atoms with van der Waals surface area (Å²) in [5, 5.41) is 10.3. The highest BCUT2D eigenvalue weighted by Gasteiger charge is 2.60. The predicted molar refractivity (Wildman–Crippen MR) is 138 cm³/mol. The Bertz CT molecular complexity index is 903. The van der Waals surface area contributed by atoms with Crippen LogP contribution in [0.2, 0.25) is 0 Å². The SMILES string of the molecule is C[C@@H]([C@H]1CC[C@H]2[C@@H]3CC=C4C[C@@H](O)CC[C@]4(C)[C@H]3CC[C@]12C)[C@H]1CC(N2CCCCC2)=CC(=O)O1. The van der Waals surface area contributed by atoms with Gasteiger partial charge in [-0.2, -0.15) is 0 Å². The van der Waals surface area contributed by atoms with Gasteiger partial charge in [-0.25, -0.2) is 4.79 Å². The lowest BCUT2D eigenvalue weighted by Gasteiger charge is -2.58. The van der Waals surface area contributed by atoms with Gasteiger partial charge in [0.15, 0.2) is 0 Å². The molecule has 0 aromatic rings. The summed E-state index contributed by atoms with van der Waals surface area (Å²) in [7, 11) is 0. The lowest BCUT2D eigenvalue weighted by Crippen LogP contribution is -2.51. The summed E-state index contributed by atoms with van der Waals surface area (Å²) in [4.78, 5) is 15.1. The van der Waals surface area contributed by atoms with E-state index < -0.39 is 0 Å². The maximum atomic E-state index is 12.6. The number of hydrogen-bond donors (Lipinski definition) is 1. The third-order valence-corrected chi connectivity index (χ3v) is 12.1. The molecule has 4 heteroatoms. The fraction of sp³-hybridized carbons (Fsp3) is 0.839. The number of ether oxygens (including phenoxy) is 1. The molecule has 2 heterocycles. The molecule has 4 fully saturated rings. The van der Waals surface area contributed by atoms with Gasteiger partial charge in [-0.05, 0) is 111 Å². The number of esters is 1. The maximum Gasteiger partial charge on any atom is 0.332 e. The molecule has 1 saturated heterocycles. The standard InChI is InChI=1S/C31H47NO3/c1-20(28-18-22(19-29(34)35-28)32-15-5-4-6-16-32)25-9-10-26-24-8-7-21-17-23(33)11-13-30(21,2)27(24)12-14-31(25,26)3/h7,19-20,23-28,33H,4-6,8-18H2,1-3H3/t20-,23-,24-,25+,26-,27-,28+,30-,31+/m0/s1. The van der Waals surface area contributed by atoms with Crippen molar-refractivity contribution in [2.45, 2.75) is 110 Å². The average molecular weight is 482 g/mol. The van der Waals surface area contributed by atoms with Crippen molar-refractivity contribution in [2.75, 3.05) is 13.1 Å². The van der Waals surface area contributed by atoms with Crippen LogP contribution in [0, 0.1) is 40.4 Å². The number of hydrogen-bond acceptors (Lipinski definition) is 4. The van der Waals surface area contributed by atoms with Crippen LogP contribution < -0.4 is 0 Å². The van der Waals surface area contributed by atoms with E-state index in [1.807, 2.05) is 0 Å². The van der Waals surface area contributed by atoms with Gasteiger partial charge in [0.25, 0.3) is 0 Å². The molecule has 0 amide bonds. The molecule has 0 radical (unpaired) electrons. The molecule has 0 bridgehead atoms. The normalized spacial score (nSPS) is 46.5. The summed E-state index contributed by atoms with van der Waals surface area (Å²) < 4.78 is 6.03. The van der Waals surface area contributed by atoms with Crippen LogP contribution >= 0.6 is 0 Å². The molecule has 1 N–H and O–H groups in total. The molecule has 0 unspecified atom stereocenters. The molecule has 6 aliphatic rings. The van der Waals surface area contributed by atoms with Crippen molar-refractivity contribution in [3.63, 3.8) is 0 Å². The van der Waals surface area contributed by atoms with E-state index in [1.165, 1.54) is 57.1 Å². The first kappa shape index (κ1) is 24.1. The van der Waals surface area contributed by atoms with Gasteiger partial charge in [-0.3, -0.25) is 0 Å². The molecule has 9 atom stereocenters. The van der Waals surface area contributed by atoms with E-state index in [1.54, 1.807) is 11.6 Å². The summed E-state index contributed by atoms with van der Waals surface area (Å²) in [5.74, 6) is 3.28. The molecule has 35 heavy (non-hydrogen) atoms. The first-order chi connectivity index (χ1) is 16.8. The molecule has 4 nitrogen and oxygen atoms in total. The summed E-state index contributed by atoms with van der Waals surface area (Å²) in [6.07, 6.45) is 18.4. The highest BCUT2D eigenvalue weighted by Crippen LogP contribution is 2.67. The largest absolute Gasteiger partial charge is 0.458 e. The van der Waals surface area contributed by atoms with E-state index in [-0.39, 0.29) is 18.2 Å². The number of fused-ring (bicyclic) bond motifs is 5. The van der Waals surface area contributed by atoms with Crippen LogP contribution in [0.3, 0.4) is 0 Å². The van der Waals surface area contributed by atoms with Crippen molar-refractivity contribution in [1.29, 1.82) is 0 Å². The van der Waals surface area contributed by atoms with E-state index in [4.69, 9.17) is 4.74 Å². The molecule has 0 aromatic heterocycles. The Morgan fingerprint density at radius 1 is 1.03 bits per heavy atom. The number of carbonyl (C=O) groups is 1. The van der Waals surface area contributed by atoms with Crippen molar-refractivity contribution in [3.05, 3.63) is 23.4 Å². The fourth-order valence-corrected chi connectivity index (χ4v) is 10.1. The van der Waals surface area contributed by atoms with E-state index in [0.717, 1.165) is 56.5 Å². The van der Waals surface area contributed by atoms with E-state index in [0.29, 0.717) is 22.7 Å². The van der Waals surface area contributed by atoms with E-state index in [9.17, 15) is 9.90 Å².